The number of rotatable bonds is 8. The second-order valence-electron chi connectivity index (χ2n) is 7.59. The molecule has 174 valence electrons. The molecule has 33 heavy (non-hydrogen) atoms. The maximum absolute atomic E-state index is 13.3. The number of aryl methyl sites for hydroxylation is 1. The van der Waals surface area contributed by atoms with Gasteiger partial charge in [-0.05, 0) is 42.7 Å². The summed E-state index contributed by atoms with van der Waals surface area (Å²) in [4.78, 5) is 24.0. The molecule has 8 heteroatoms. The number of esters is 1. The number of hydrogen-bond acceptors (Lipinski definition) is 5. The van der Waals surface area contributed by atoms with Gasteiger partial charge < -0.3 is 13.9 Å². The Labute approximate surface area is 188 Å². The number of halogens is 3. The molecule has 1 atom stereocenters. The fourth-order valence-corrected chi connectivity index (χ4v) is 3.19. The molecule has 0 amide bonds. The first kappa shape index (κ1) is 24.1. The average molecular weight is 460 g/mol. The highest BCUT2D eigenvalue weighted by Crippen LogP contribution is 2.30. The van der Waals surface area contributed by atoms with Crippen LogP contribution in [0.15, 0.2) is 69.9 Å². The highest BCUT2D eigenvalue weighted by Gasteiger charge is 2.41. The molecule has 1 unspecified atom stereocenters. The van der Waals surface area contributed by atoms with Gasteiger partial charge in [-0.15, -0.1) is 0 Å². The summed E-state index contributed by atoms with van der Waals surface area (Å²) in [6.45, 7) is 5.00. The van der Waals surface area contributed by atoms with Crippen LogP contribution in [0.25, 0.3) is 22.1 Å². The number of benzene rings is 2. The van der Waals surface area contributed by atoms with E-state index in [1.165, 1.54) is 19.1 Å². The molecule has 1 aromatic heterocycles. The van der Waals surface area contributed by atoms with E-state index >= 15 is 0 Å². The summed E-state index contributed by atoms with van der Waals surface area (Å²) in [6, 6.07) is 13.6. The Hall–Kier alpha value is -3.55. The minimum absolute atomic E-state index is 0.00216. The van der Waals surface area contributed by atoms with Crippen LogP contribution in [-0.4, -0.2) is 25.4 Å². The van der Waals surface area contributed by atoms with E-state index in [2.05, 4.69) is 11.3 Å². The zero-order chi connectivity index (χ0) is 24.2. The van der Waals surface area contributed by atoms with Gasteiger partial charge >= 0.3 is 17.8 Å². The second kappa shape index (κ2) is 9.94. The quantitative estimate of drug-likeness (QED) is 0.245. The maximum Gasteiger partial charge on any atom is 0.398 e. The van der Waals surface area contributed by atoms with Crippen LogP contribution >= 0.6 is 0 Å². The van der Waals surface area contributed by atoms with Crippen LogP contribution in [0.2, 0.25) is 0 Å². The molecule has 0 saturated carbocycles. The van der Waals surface area contributed by atoms with E-state index in [0.717, 1.165) is 17.5 Å². The van der Waals surface area contributed by atoms with Crippen LogP contribution in [0.3, 0.4) is 0 Å². The molecule has 0 bridgehead atoms. The molecule has 0 radical (unpaired) electrons. The molecule has 0 saturated heterocycles. The van der Waals surface area contributed by atoms with Crippen molar-refractivity contribution in [2.75, 3.05) is 13.2 Å². The van der Waals surface area contributed by atoms with E-state index in [9.17, 15) is 22.8 Å². The molecule has 0 N–H and O–H groups in total. The Balaban J connectivity index is 1.81. The summed E-state index contributed by atoms with van der Waals surface area (Å²) in [5.74, 6) is -2.85. The fraction of sp³-hybridized carbons (Fsp3) is 0.280. The Morgan fingerprint density at radius 3 is 2.48 bits per heavy atom. The standard InChI is InChI=1S/C25H23F3O5/c1-4-16-7-5-6-8-20(16)21-11-17-9-10-19(12-22(17)33-24(21)30)31-13-18(25(26,27)28)14-32-23(29)15(2)3/h5-12,18H,2,4,13-14H2,1,3H3. The Kier molecular flexibility index (Phi) is 7.26. The molecular formula is C25H23F3O5. The molecular weight excluding hydrogens is 437 g/mol. The van der Waals surface area contributed by atoms with Crippen LogP contribution in [0.4, 0.5) is 13.2 Å². The topological polar surface area (TPSA) is 65.7 Å². The zero-order valence-corrected chi connectivity index (χ0v) is 18.2. The number of carbonyl (C=O) groups excluding carboxylic acids is 1. The average Bonchev–Trinajstić information content (AvgIpc) is 2.77. The first-order valence-corrected chi connectivity index (χ1v) is 10.3. The number of alkyl halides is 3. The molecule has 0 spiro atoms. The molecule has 0 aliphatic rings. The summed E-state index contributed by atoms with van der Waals surface area (Å²) in [5, 5.41) is 0.602. The lowest BCUT2D eigenvalue weighted by Crippen LogP contribution is -2.33. The van der Waals surface area contributed by atoms with E-state index in [0.29, 0.717) is 10.9 Å². The Morgan fingerprint density at radius 1 is 1.09 bits per heavy atom. The summed E-state index contributed by atoms with van der Waals surface area (Å²) in [5.41, 5.74) is 1.81. The lowest BCUT2D eigenvalue weighted by Gasteiger charge is -2.20. The van der Waals surface area contributed by atoms with Gasteiger partial charge in [-0.3, -0.25) is 0 Å². The van der Waals surface area contributed by atoms with Crippen molar-refractivity contribution in [1.82, 2.24) is 0 Å². The van der Waals surface area contributed by atoms with Gasteiger partial charge in [0.15, 0.2) is 0 Å². The van der Waals surface area contributed by atoms with E-state index in [1.807, 2.05) is 31.2 Å². The normalized spacial score (nSPS) is 12.4. The highest BCUT2D eigenvalue weighted by atomic mass is 19.4. The van der Waals surface area contributed by atoms with Gasteiger partial charge in [0.1, 0.15) is 30.5 Å². The lowest BCUT2D eigenvalue weighted by atomic mass is 9.98. The van der Waals surface area contributed by atoms with Crippen molar-refractivity contribution in [2.45, 2.75) is 26.4 Å². The fourth-order valence-electron chi connectivity index (χ4n) is 3.19. The zero-order valence-electron chi connectivity index (χ0n) is 18.2. The molecule has 0 fully saturated rings. The number of fused-ring (bicyclic) bond motifs is 1. The SMILES string of the molecule is C=C(C)C(=O)OCC(COc1ccc2cc(-c3ccccc3CC)c(=O)oc2c1)C(F)(F)F. The third-order valence-corrected chi connectivity index (χ3v) is 5.07. The van der Waals surface area contributed by atoms with Gasteiger partial charge in [0.05, 0.1) is 5.56 Å². The number of hydrogen-bond donors (Lipinski definition) is 0. The van der Waals surface area contributed by atoms with Gasteiger partial charge in [0.2, 0.25) is 0 Å². The van der Waals surface area contributed by atoms with Crippen LogP contribution in [-0.2, 0) is 16.0 Å². The molecule has 0 aliphatic carbocycles. The number of ether oxygens (including phenoxy) is 2. The summed E-state index contributed by atoms with van der Waals surface area (Å²) in [7, 11) is 0. The predicted molar refractivity (Wildman–Crippen MR) is 118 cm³/mol. The Bertz CT molecular complexity index is 1230. The smallest absolute Gasteiger partial charge is 0.398 e. The van der Waals surface area contributed by atoms with Crippen LogP contribution in [0, 0.1) is 5.92 Å². The van der Waals surface area contributed by atoms with Gasteiger partial charge in [0.25, 0.3) is 0 Å². The van der Waals surface area contributed by atoms with Crippen molar-refractivity contribution in [3.8, 4) is 16.9 Å². The van der Waals surface area contributed by atoms with Crippen molar-refractivity contribution in [3.63, 3.8) is 0 Å². The van der Waals surface area contributed by atoms with Crippen molar-refractivity contribution in [1.29, 1.82) is 0 Å². The van der Waals surface area contributed by atoms with Gasteiger partial charge in [-0.25, -0.2) is 9.59 Å². The van der Waals surface area contributed by atoms with E-state index in [4.69, 9.17) is 9.15 Å². The first-order valence-electron chi connectivity index (χ1n) is 10.3. The van der Waals surface area contributed by atoms with Crippen molar-refractivity contribution in [2.24, 2.45) is 5.92 Å². The monoisotopic (exact) mass is 460 g/mol. The van der Waals surface area contributed by atoms with Crippen LogP contribution in [0.1, 0.15) is 19.4 Å². The second-order valence-corrected chi connectivity index (χ2v) is 7.59. The van der Waals surface area contributed by atoms with Crippen LogP contribution in [0.5, 0.6) is 5.75 Å². The first-order chi connectivity index (χ1) is 15.6. The van der Waals surface area contributed by atoms with E-state index in [1.54, 1.807) is 12.1 Å². The third kappa shape index (κ3) is 5.83. The summed E-state index contributed by atoms with van der Waals surface area (Å²) >= 11 is 0. The maximum atomic E-state index is 13.3. The van der Waals surface area contributed by atoms with Crippen LogP contribution < -0.4 is 10.4 Å². The molecule has 3 aromatic rings. The highest BCUT2D eigenvalue weighted by molar-refractivity contribution is 5.87. The van der Waals surface area contributed by atoms with Gasteiger partial charge in [-0.2, -0.15) is 13.2 Å². The largest absolute Gasteiger partial charge is 0.493 e. The lowest BCUT2D eigenvalue weighted by molar-refractivity contribution is -0.196. The minimum Gasteiger partial charge on any atom is -0.493 e. The minimum atomic E-state index is -4.64. The third-order valence-electron chi connectivity index (χ3n) is 5.07. The van der Waals surface area contributed by atoms with E-state index < -0.39 is 36.9 Å². The van der Waals surface area contributed by atoms with Gasteiger partial charge in [-0.1, -0.05) is 37.8 Å². The summed E-state index contributed by atoms with van der Waals surface area (Å²) < 4.78 is 55.2. The van der Waals surface area contributed by atoms with Gasteiger partial charge in [0, 0.05) is 17.0 Å². The predicted octanol–water partition coefficient (Wildman–Crippen LogP) is 5.70. The molecule has 3 rings (SSSR count). The molecule has 0 aliphatic heterocycles. The molecule has 5 nitrogen and oxygen atoms in total. The Morgan fingerprint density at radius 2 is 1.82 bits per heavy atom. The van der Waals surface area contributed by atoms with Crippen molar-refractivity contribution in [3.05, 3.63) is 76.7 Å². The molecule has 2 aromatic carbocycles. The molecule has 1 heterocycles. The van der Waals surface area contributed by atoms with E-state index in [-0.39, 0.29) is 16.9 Å². The van der Waals surface area contributed by atoms with Crippen molar-refractivity contribution >= 4 is 16.9 Å². The summed E-state index contributed by atoms with van der Waals surface area (Å²) in [6.07, 6.45) is -3.90. The number of carbonyl (C=O) groups is 1. The van der Waals surface area contributed by atoms with Crippen molar-refractivity contribution < 1.29 is 31.9 Å².